The summed E-state index contributed by atoms with van der Waals surface area (Å²) in [5.74, 6) is 0. The molecule has 1 aromatic carbocycles. The number of hydrogen-bond acceptors (Lipinski definition) is 2. The first kappa shape index (κ1) is 10.8. The van der Waals surface area contributed by atoms with Crippen molar-refractivity contribution in [1.82, 2.24) is 0 Å². The average Bonchev–Trinajstić information content (AvgIpc) is 2.15. The minimum absolute atomic E-state index is 0.409. The third kappa shape index (κ3) is 2.28. The maximum atomic E-state index is 11.0. The largest absolute Gasteiger partial charge is 0.423 e. The Morgan fingerprint density at radius 3 is 2.40 bits per heavy atom. The Kier molecular flexibility index (Phi) is 2.67. The molecule has 0 atom stereocenters. The second kappa shape index (κ2) is 3.71. The van der Waals surface area contributed by atoms with E-state index in [2.05, 4.69) is 0 Å². The highest BCUT2D eigenvalue weighted by Gasteiger charge is 2.23. The molecule has 2 nitrogen and oxygen atoms in total. The van der Waals surface area contributed by atoms with Crippen LogP contribution in [-0.4, -0.2) is 0 Å². The van der Waals surface area contributed by atoms with Gasteiger partial charge in [0.2, 0.25) is 3.79 Å². The van der Waals surface area contributed by atoms with Gasteiger partial charge in [-0.15, -0.1) is 0 Å². The lowest BCUT2D eigenvalue weighted by Crippen LogP contribution is -2.00. The molecule has 5 heteroatoms. The summed E-state index contributed by atoms with van der Waals surface area (Å²) in [6.07, 6.45) is 0. The van der Waals surface area contributed by atoms with Gasteiger partial charge in [-0.2, -0.15) is 0 Å². The van der Waals surface area contributed by atoms with Crippen LogP contribution in [0.4, 0.5) is 0 Å². The van der Waals surface area contributed by atoms with E-state index in [4.69, 9.17) is 39.2 Å². The average molecular weight is 264 g/mol. The summed E-state index contributed by atoms with van der Waals surface area (Å²) in [6, 6.07) is 7.95. The van der Waals surface area contributed by atoms with Crippen LogP contribution in [0.5, 0.6) is 0 Å². The number of benzene rings is 1. The van der Waals surface area contributed by atoms with E-state index in [1.54, 1.807) is 24.3 Å². The van der Waals surface area contributed by atoms with E-state index in [0.29, 0.717) is 11.1 Å². The quantitative estimate of drug-likeness (QED) is 0.537. The smallest absolute Gasteiger partial charge is 0.336 e. The third-order valence-corrected chi connectivity index (χ3v) is 2.61. The van der Waals surface area contributed by atoms with Crippen molar-refractivity contribution in [3.05, 3.63) is 46.3 Å². The third-order valence-electron chi connectivity index (χ3n) is 1.95. The Hall–Kier alpha value is -0.700. The van der Waals surface area contributed by atoms with Crippen molar-refractivity contribution in [3.63, 3.8) is 0 Å². The van der Waals surface area contributed by atoms with Crippen molar-refractivity contribution in [3.8, 4) is 0 Å². The Morgan fingerprint density at radius 2 is 1.73 bits per heavy atom. The van der Waals surface area contributed by atoms with Gasteiger partial charge in [0.05, 0.1) is 0 Å². The van der Waals surface area contributed by atoms with Crippen molar-refractivity contribution in [2.45, 2.75) is 3.79 Å². The SMILES string of the molecule is O=c1ccc2ccc(C(Cl)(Cl)Cl)cc2o1. The fraction of sp³-hybridized carbons (Fsp3) is 0.100. The van der Waals surface area contributed by atoms with E-state index in [1.165, 1.54) is 6.07 Å². The molecule has 0 aliphatic heterocycles. The minimum Gasteiger partial charge on any atom is -0.423 e. The molecule has 0 saturated heterocycles. The molecule has 2 rings (SSSR count). The highest BCUT2D eigenvalue weighted by molar-refractivity contribution is 6.66. The van der Waals surface area contributed by atoms with Gasteiger partial charge in [-0.3, -0.25) is 0 Å². The van der Waals surface area contributed by atoms with Gasteiger partial charge < -0.3 is 4.42 Å². The molecule has 2 aromatic rings. The van der Waals surface area contributed by atoms with Crippen LogP contribution in [0.15, 0.2) is 39.5 Å². The lowest BCUT2D eigenvalue weighted by molar-refractivity contribution is 0.560. The van der Waals surface area contributed by atoms with E-state index in [-0.39, 0.29) is 0 Å². The fourth-order valence-corrected chi connectivity index (χ4v) is 1.59. The van der Waals surface area contributed by atoms with Gasteiger partial charge in [0.15, 0.2) is 0 Å². The van der Waals surface area contributed by atoms with Crippen molar-refractivity contribution >= 4 is 45.8 Å². The summed E-state index contributed by atoms with van der Waals surface area (Å²) < 4.78 is 3.45. The lowest BCUT2D eigenvalue weighted by Gasteiger charge is -2.10. The second-order valence-corrected chi connectivity index (χ2v) is 5.29. The zero-order chi connectivity index (χ0) is 11.1. The Labute approximate surface area is 100 Å². The Bertz CT molecular complexity index is 554. The molecule has 0 N–H and O–H groups in total. The molecule has 0 bridgehead atoms. The van der Waals surface area contributed by atoms with Crippen LogP contribution in [0, 0.1) is 0 Å². The Morgan fingerprint density at radius 1 is 1.07 bits per heavy atom. The minimum atomic E-state index is -1.51. The van der Waals surface area contributed by atoms with Crippen LogP contribution in [0.2, 0.25) is 0 Å². The van der Waals surface area contributed by atoms with E-state index in [9.17, 15) is 4.79 Å². The molecule has 0 fully saturated rings. The molecule has 0 spiro atoms. The molecule has 0 amide bonds. The number of alkyl halides is 3. The number of hydrogen-bond donors (Lipinski definition) is 0. The van der Waals surface area contributed by atoms with Gasteiger partial charge in [-0.25, -0.2) is 4.79 Å². The first-order valence-electron chi connectivity index (χ1n) is 4.08. The molecule has 0 aliphatic rings. The molecule has 78 valence electrons. The summed E-state index contributed by atoms with van der Waals surface area (Å²) in [4.78, 5) is 11.0. The highest BCUT2D eigenvalue weighted by Crippen LogP contribution is 2.38. The maximum absolute atomic E-state index is 11.0. The topological polar surface area (TPSA) is 30.2 Å². The normalized spacial score (nSPS) is 11.9. The second-order valence-electron chi connectivity index (χ2n) is 3.00. The number of halogens is 3. The van der Waals surface area contributed by atoms with E-state index in [0.717, 1.165) is 5.39 Å². The molecule has 0 radical (unpaired) electrons. The lowest BCUT2D eigenvalue weighted by atomic mass is 10.2. The van der Waals surface area contributed by atoms with Gasteiger partial charge in [-0.05, 0) is 12.1 Å². The molecular weight excluding hydrogens is 258 g/mol. The number of fused-ring (bicyclic) bond motifs is 1. The first-order chi connectivity index (χ1) is 6.97. The monoisotopic (exact) mass is 262 g/mol. The summed E-state index contributed by atoms with van der Waals surface area (Å²) in [6.45, 7) is 0. The molecule has 0 saturated carbocycles. The summed E-state index contributed by atoms with van der Waals surface area (Å²) in [7, 11) is 0. The van der Waals surface area contributed by atoms with Crippen LogP contribution in [0.25, 0.3) is 11.0 Å². The van der Waals surface area contributed by atoms with Crippen molar-refractivity contribution in [2.75, 3.05) is 0 Å². The predicted octanol–water partition coefficient (Wildman–Crippen LogP) is 3.62. The summed E-state index contributed by atoms with van der Waals surface area (Å²) >= 11 is 17.1. The molecule has 1 aromatic heterocycles. The highest BCUT2D eigenvalue weighted by atomic mass is 35.6. The molecule has 0 unspecified atom stereocenters. The molecule has 1 heterocycles. The zero-order valence-electron chi connectivity index (χ0n) is 7.34. The predicted molar refractivity (Wildman–Crippen MR) is 61.7 cm³/mol. The van der Waals surface area contributed by atoms with Crippen LogP contribution < -0.4 is 5.63 Å². The van der Waals surface area contributed by atoms with Gasteiger partial charge >= 0.3 is 5.63 Å². The number of rotatable bonds is 0. The van der Waals surface area contributed by atoms with Gasteiger partial charge in [0.25, 0.3) is 0 Å². The standard InChI is InChI=1S/C10H5Cl3O2/c11-10(12,13)7-3-1-6-2-4-9(14)15-8(6)5-7/h1-5H. The molecular formula is C10H5Cl3O2. The summed E-state index contributed by atoms with van der Waals surface area (Å²) in [5, 5.41) is 0.785. The summed E-state index contributed by atoms with van der Waals surface area (Å²) in [5.41, 5.74) is 0.449. The van der Waals surface area contributed by atoms with Gasteiger partial charge in [-0.1, -0.05) is 46.9 Å². The van der Waals surface area contributed by atoms with Crippen molar-refractivity contribution < 1.29 is 4.42 Å². The van der Waals surface area contributed by atoms with E-state index in [1.807, 2.05) is 0 Å². The maximum Gasteiger partial charge on any atom is 0.336 e. The van der Waals surface area contributed by atoms with E-state index < -0.39 is 9.42 Å². The van der Waals surface area contributed by atoms with Crippen LogP contribution in [0.3, 0.4) is 0 Å². The molecule has 15 heavy (non-hydrogen) atoms. The van der Waals surface area contributed by atoms with Crippen LogP contribution in [-0.2, 0) is 3.79 Å². The van der Waals surface area contributed by atoms with Crippen molar-refractivity contribution in [1.29, 1.82) is 0 Å². The van der Waals surface area contributed by atoms with Gasteiger partial charge in [0, 0.05) is 17.0 Å². The van der Waals surface area contributed by atoms with E-state index >= 15 is 0 Å². The first-order valence-corrected chi connectivity index (χ1v) is 5.21. The Balaban J connectivity index is 2.70. The molecule has 0 aliphatic carbocycles. The zero-order valence-corrected chi connectivity index (χ0v) is 9.60. The van der Waals surface area contributed by atoms with Crippen LogP contribution in [0.1, 0.15) is 5.56 Å². The van der Waals surface area contributed by atoms with Crippen molar-refractivity contribution in [2.24, 2.45) is 0 Å². The van der Waals surface area contributed by atoms with Gasteiger partial charge in [0.1, 0.15) is 5.58 Å². The fourth-order valence-electron chi connectivity index (χ4n) is 1.24. The van der Waals surface area contributed by atoms with Crippen LogP contribution >= 0.6 is 34.8 Å².